The lowest BCUT2D eigenvalue weighted by Crippen LogP contribution is -2.17. The molecule has 0 radical (unpaired) electrons. The quantitative estimate of drug-likeness (QED) is 0.446. The van der Waals surface area contributed by atoms with Gasteiger partial charge in [-0.15, -0.1) is 0 Å². The minimum atomic E-state index is -0.593. The van der Waals surface area contributed by atoms with E-state index in [0.717, 1.165) is 16.2 Å². The van der Waals surface area contributed by atoms with Crippen molar-refractivity contribution in [2.45, 2.75) is 0 Å². The van der Waals surface area contributed by atoms with E-state index in [0.29, 0.717) is 16.9 Å². The fourth-order valence-corrected chi connectivity index (χ4v) is 2.90. The predicted molar refractivity (Wildman–Crippen MR) is 101 cm³/mol. The molecule has 0 unspecified atom stereocenters. The number of hydrogen-bond acceptors (Lipinski definition) is 4. The van der Waals surface area contributed by atoms with Gasteiger partial charge in [0.1, 0.15) is 17.0 Å². The van der Waals surface area contributed by atoms with Gasteiger partial charge in [0.25, 0.3) is 5.91 Å². The highest BCUT2D eigenvalue weighted by Crippen LogP contribution is 2.29. The molecule has 0 saturated carbocycles. The summed E-state index contributed by atoms with van der Waals surface area (Å²) in [6.07, 6.45) is 0. The van der Waals surface area contributed by atoms with Gasteiger partial charge in [-0.3, -0.25) is 4.79 Å². The van der Waals surface area contributed by atoms with E-state index in [9.17, 15) is 9.59 Å². The van der Waals surface area contributed by atoms with Crippen LogP contribution in [-0.4, -0.2) is 13.0 Å². The van der Waals surface area contributed by atoms with Crippen LogP contribution in [0.3, 0.4) is 0 Å². The molecule has 26 heavy (non-hydrogen) atoms. The highest BCUT2D eigenvalue weighted by Gasteiger charge is 2.12. The monoisotopic (exact) mass is 345 g/mol. The van der Waals surface area contributed by atoms with Crippen molar-refractivity contribution in [2.24, 2.45) is 0 Å². The molecule has 128 valence electrons. The Kier molecular flexibility index (Phi) is 3.89. The lowest BCUT2D eigenvalue weighted by Gasteiger charge is -2.08. The summed E-state index contributed by atoms with van der Waals surface area (Å²) in [7, 11) is 1.60. The van der Waals surface area contributed by atoms with Crippen LogP contribution in [0.1, 0.15) is 10.4 Å². The summed E-state index contributed by atoms with van der Waals surface area (Å²) in [5, 5.41) is 5.22. The maximum Gasteiger partial charge on any atom is 0.360 e. The Hall–Kier alpha value is -3.60. The summed E-state index contributed by atoms with van der Waals surface area (Å²) in [5.41, 5.74) is 0.422. The number of rotatable bonds is 3. The van der Waals surface area contributed by atoms with Gasteiger partial charge in [0.15, 0.2) is 0 Å². The number of carbonyl (C=O) groups excluding carboxylic acids is 1. The predicted octanol–water partition coefficient (Wildman–Crippen LogP) is 4.21. The summed E-state index contributed by atoms with van der Waals surface area (Å²) >= 11 is 0. The van der Waals surface area contributed by atoms with E-state index in [1.165, 1.54) is 0 Å². The molecule has 0 aliphatic rings. The van der Waals surface area contributed by atoms with Crippen molar-refractivity contribution in [3.63, 3.8) is 0 Å². The molecule has 0 aliphatic heterocycles. The van der Waals surface area contributed by atoms with E-state index < -0.39 is 5.63 Å². The maximum absolute atomic E-state index is 12.4. The van der Waals surface area contributed by atoms with Gasteiger partial charge in [-0.2, -0.15) is 0 Å². The average Bonchev–Trinajstić information content (AvgIpc) is 2.68. The van der Waals surface area contributed by atoms with Crippen LogP contribution < -0.4 is 15.7 Å². The molecule has 0 saturated heterocycles. The number of anilines is 1. The Morgan fingerprint density at radius 1 is 0.962 bits per heavy atom. The van der Waals surface area contributed by atoms with Gasteiger partial charge in [-0.05, 0) is 47.2 Å². The van der Waals surface area contributed by atoms with Crippen LogP contribution in [0.5, 0.6) is 5.75 Å². The van der Waals surface area contributed by atoms with E-state index in [1.54, 1.807) is 43.5 Å². The summed E-state index contributed by atoms with van der Waals surface area (Å²) in [5.74, 6) is 0.334. The van der Waals surface area contributed by atoms with Crippen LogP contribution >= 0.6 is 0 Å². The van der Waals surface area contributed by atoms with Crippen molar-refractivity contribution < 1.29 is 13.9 Å². The molecule has 0 bridgehead atoms. The lowest BCUT2D eigenvalue weighted by atomic mass is 10.1. The molecule has 1 amide bonds. The smallest absolute Gasteiger partial charge is 0.360 e. The number of nitrogens with one attached hydrogen (secondary N) is 1. The number of ether oxygens (including phenoxy) is 1. The van der Waals surface area contributed by atoms with Crippen LogP contribution in [0.15, 0.2) is 75.9 Å². The standard InChI is InChI=1S/C21H15NO4/c1-25-15-9-7-13-8-10-19-17(16(13)11-15)12-18(21(24)26-19)22-20(23)14-5-3-2-4-6-14/h2-12H,1H3,(H,22,23). The Labute approximate surface area is 148 Å². The Morgan fingerprint density at radius 3 is 2.50 bits per heavy atom. The van der Waals surface area contributed by atoms with E-state index in [2.05, 4.69) is 5.32 Å². The first kappa shape index (κ1) is 15.9. The Morgan fingerprint density at radius 2 is 1.73 bits per heavy atom. The van der Waals surface area contributed by atoms with Crippen LogP contribution in [0.4, 0.5) is 5.69 Å². The molecule has 0 spiro atoms. The van der Waals surface area contributed by atoms with E-state index in [4.69, 9.17) is 9.15 Å². The highest BCUT2D eigenvalue weighted by molar-refractivity contribution is 6.09. The Bertz CT molecular complexity index is 1180. The van der Waals surface area contributed by atoms with Gasteiger partial charge < -0.3 is 14.5 Å². The van der Waals surface area contributed by atoms with Gasteiger partial charge >= 0.3 is 5.63 Å². The molecule has 1 aromatic heterocycles. The molecule has 5 heteroatoms. The van der Waals surface area contributed by atoms with Crippen molar-refractivity contribution in [1.82, 2.24) is 0 Å². The molecular formula is C21H15NO4. The van der Waals surface area contributed by atoms with Crippen molar-refractivity contribution in [2.75, 3.05) is 12.4 Å². The maximum atomic E-state index is 12.4. The summed E-state index contributed by atoms with van der Waals surface area (Å²) in [6.45, 7) is 0. The number of hydrogen-bond donors (Lipinski definition) is 1. The van der Waals surface area contributed by atoms with Crippen LogP contribution in [-0.2, 0) is 0 Å². The largest absolute Gasteiger partial charge is 0.497 e. The van der Waals surface area contributed by atoms with Gasteiger partial charge in [-0.1, -0.05) is 30.3 Å². The second kappa shape index (κ2) is 6.37. The molecule has 0 atom stereocenters. The zero-order chi connectivity index (χ0) is 18.1. The number of fused-ring (bicyclic) bond motifs is 3. The van der Waals surface area contributed by atoms with Gasteiger partial charge in [-0.25, -0.2) is 4.79 Å². The van der Waals surface area contributed by atoms with E-state index in [-0.39, 0.29) is 11.6 Å². The third-order valence-corrected chi connectivity index (χ3v) is 4.23. The topological polar surface area (TPSA) is 68.5 Å². The normalized spacial score (nSPS) is 10.8. The zero-order valence-electron chi connectivity index (χ0n) is 14.0. The van der Waals surface area contributed by atoms with Gasteiger partial charge in [0.05, 0.1) is 7.11 Å². The van der Waals surface area contributed by atoms with Gasteiger partial charge in [0, 0.05) is 10.9 Å². The molecule has 1 heterocycles. The average molecular weight is 345 g/mol. The minimum absolute atomic E-state index is 0.0988. The second-order valence-corrected chi connectivity index (χ2v) is 5.83. The van der Waals surface area contributed by atoms with Crippen LogP contribution in [0.2, 0.25) is 0 Å². The number of methoxy groups -OCH3 is 1. The SMILES string of the molecule is COc1ccc2ccc3oc(=O)c(NC(=O)c4ccccc4)cc3c2c1. The molecule has 0 aliphatic carbocycles. The first-order valence-electron chi connectivity index (χ1n) is 8.07. The summed E-state index contributed by atoms with van der Waals surface area (Å²) < 4.78 is 10.7. The molecule has 4 aromatic rings. The fourth-order valence-electron chi connectivity index (χ4n) is 2.90. The number of amides is 1. The summed E-state index contributed by atoms with van der Waals surface area (Å²) in [4.78, 5) is 24.6. The first-order valence-corrected chi connectivity index (χ1v) is 8.07. The molecular weight excluding hydrogens is 330 g/mol. The molecule has 5 nitrogen and oxygen atoms in total. The number of carbonyl (C=O) groups is 1. The van der Waals surface area contributed by atoms with Crippen molar-refractivity contribution in [3.8, 4) is 5.75 Å². The van der Waals surface area contributed by atoms with Crippen molar-refractivity contribution in [1.29, 1.82) is 0 Å². The summed E-state index contributed by atoms with van der Waals surface area (Å²) in [6, 6.07) is 19.6. The molecule has 0 fully saturated rings. The lowest BCUT2D eigenvalue weighted by molar-refractivity contribution is 0.102. The second-order valence-electron chi connectivity index (χ2n) is 5.83. The fraction of sp³-hybridized carbons (Fsp3) is 0.0476. The van der Waals surface area contributed by atoms with Crippen molar-refractivity contribution >= 4 is 33.3 Å². The molecule has 3 aromatic carbocycles. The van der Waals surface area contributed by atoms with Crippen LogP contribution in [0.25, 0.3) is 21.7 Å². The molecule has 4 rings (SSSR count). The Balaban J connectivity index is 1.85. The van der Waals surface area contributed by atoms with Gasteiger partial charge in [0.2, 0.25) is 0 Å². The van der Waals surface area contributed by atoms with Crippen LogP contribution in [0, 0.1) is 0 Å². The van der Waals surface area contributed by atoms with Crippen molar-refractivity contribution in [3.05, 3.63) is 82.7 Å². The third-order valence-electron chi connectivity index (χ3n) is 4.23. The molecule has 1 N–H and O–H groups in total. The van der Waals surface area contributed by atoms with E-state index >= 15 is 0 Å². The third kappa shape index (κ3) is 2.80. The highest BCUT2D eigenvalue weighted by atomic mass is 16.5. The number of benzene rings is 3. The zero-order valence-corrected chi connectivity index (χ0v) is 14.0. The minimum Gasteiger partial charge on any atom is -0.497 e. The van der Waals surface area contributed by atoms with E-state index in [1.807, 2.05) is 30.3 Å². The first-order chi connectivity index (χ1) is 12.7.